The first-order chi connectivity index (χ1) is 14.6. The molecule has 1 fully saturated rings. The summed E-state index contributed by atoms with van der Waals surface area (Å²) in [6.45, 7) is 4.56. The predicted molar refractivity (Wildman–Crippen MR) is 110 cm³/mol. The van der Waals surface area contributed by atoms with E-state index in [0.717, 1.165) is 24.4 Å². The van der Waals surface area contributed by atoms with Crippen molar-refractivity contribution in [2.24, 2.45) is 0 Å². The molecule has 7 nitrogen and oxygen atoms in total. The second kappa shape index (κ2) is 7.18. The topological polar surface area (TPSA) is 81.0 Å². The molecule has 2 aliphatic heterocycles. The third-order valence-electron chi connectivity index (χ3n) is 5.87. The third kappa shape index (κ3) is 2.77. The molecule has 1 aromatic carbocycles. The van der Waals surface area contributed by atoms with Gasteiger partial charge in [0, 0.05) is 41.6 Å². The largest absolute Gasteiger partial charge is 0.466 e. The maximum absolute atomic E-state index is 13.3. The zero-order valence-electron chi connectivity index (χ0n) is 16.9. The first kappa shape index (κ1) is 18.7. The van der Waals surface area contributed by atoms with Gasteiger partial charge in [-0.1, -0.05) is 24.3 Å². The lowest BCUT2D eigenvalue weighted by molar-refractivity contribution is -0.136. The van der Waals surface area contributed by atoms with Crippen LogP contribution < -0.4 is 10.2 Å². The van der Waals surface area contributed by atoms with Crippen LogP contribution in [0.2, 0.25) is 0 Å². The van der Waals surface area contributed by atoms with Gasteiger partial charge in [0.05, 0.1) is 37.5 Å². The van der Waals surface area contributed by atoms with Gasteiger partial charge in [-0.3, -0.25) is 4.79 Å². The predicted octanol–water partition coefficient (Wildman–Crippen LogP) is 2.86. The highest BCUT2D eigenvalue weighted by molar-refractivity contribution is 6.23. The molecule has 30 heavy (non-hydrogen) atoms. The van der Waals surface area contributed by atoms with Crippen LogP contribution in [0.25, 0.3) is 5.70 Å². The lowest BCUT2D eigenvalue weighted by Gasteiger charge is -2.28. The molecule has 0 unspecified atom stereocenters. The van der Waals surface area contributed by atoms with E-state index in [-0.39, 0.29) is 5.78 Å². The van der Waals surface area contributed by atoms with Crippen molar-refractivity contribution < 1.29 is 23.5 Å². The molecule has 0 spiro atoms. The molecule has 1 saturated heterocycles. The summed E-state index contributed by atoms with van der Waals surface area (Å²) in [6, 6.07) is 11.2. The number of fused-ring (bicyclic) bond motifs is 2. The number of hydrogen-bond acceptors (Lipinski definition) is 7. The minimum Gasteiger partial charge on any atom is -0.466 e. The number of morpholine rings is 1. The number of benzene rings is 1. The molecule has 5 rings (SSSR count). The number of nitrogens with zero attached hydrogens (tertiary/aromatic N) is 1. The van der Waals surface area contributed by atoms with Crippen LogP contribution in [0.3, 0.4) is 0 Å². The molecule has 0 saturated carbocycles. The van der Waals surface area contributed by atoms with Crippen molar-refractivity contribution in [2.45, 2.75) is 12.8 Å². The SMILES string of the molecule is COC(=O)C1=C(C)NC2=C(C(=O)c3ccccc32)[C@H]1c1ccc(N2CCOCC2)o1. The number of furan rings is 1. The van der Waals surface area contributed by atoms with Crippen molar-refractivity contribution >= 4 is 23.3 Å². The lowest BCUT2D eigenvalue weighted by atomic mass is 9.83. The number of dihydropyridines is 1. The van der Waals surface area contributed by atoms with Crippen LogP contribution in [0.5, 0.6) is 0 Å². The van der Waals surface area contributed by atoms with Crippen molar-refractivity contribution in [3.8, 4) is 0 Å². The van der Waals surface area contributed by atoms with Gasteiger partial charge in [-0.15, -0.1) is 0 Å². The molecule has 3 aliphatic rings. The molecule has 0 bridgehead atoms. The second-order valence-corrected chi connectivity index (χ2v) is 7.53. The molecule has 0 radical (unpaired) electrons. The van der Waals surface area contributed by atoms with Crippen LogP contribution in [0, 0.1) is 0 Å². The lowest BCUT2D eigenvalue weighted by Crippen LogP contribution is -2.35. The molecule has 7 heteroatoms. The maximum atomic E-state index is 13.3. The summed E-state index contributed by atoms with van der Waals surface area (Å²) in [7, 11) is 1.34. The maximum Gasteiger partial charge on any atom is 0.336 e. The Balaban J connectivity index is 1.63. The molecule has 2 aromatic rings. The zero-order valence-corrected chi connectivity index (χ0v) is 16.9. The van der Waals surface area contributed by atoms with Crippen LogP contribution in [0.15, 0.2) is 57.7 Å². The van der Waals surface area contributed by atoms with Gasteiger partial charge in [-0.25, -0.2) is 4.79 Å². The number of allylic oxidation sites excluding steroid dienone is 2. The standard InChI is InChI=1S/C23H22N2O5/c1-13-18(23(27)28-2)19(16-7-8-17(30-16)25-9-11-29-12-10-25)20-21(24-13)14-5-3-4-6-15(14)22(20)26/h3-8,19,24H,9-12H2,1-2H3/t19-/m0/s1. The fraction of sp³-hybridized carbons (Fsp3) is 0.304. The van der Waals surface area contributed by atoms with E-state index in [0.29, 0.717) is 47.3 Å². The van der Waals surface area contributed by atoms with E-state index in [4.69, 9.17) is 13.9 Å². The summed E-state index contributed by atoms with van der Waals surface area (Å²) in [6.07, 6.45) is 0. The summed E-state index contributed by atoms with van der Waals surface area (Å²) in [5.41, 5.74) is 3.75. The average molecular weight is 406 g/mol. The average Bonchev–Trinajstić information content (AvgIpc) is 3.37. The van der Waals surface area contributed by atoms with E-state index in [1.54, 1.807) is 0 Å². The quantitative estimate of drug-likeness (QED) is 0.785. The number of methoxy groups -OCH3 is 1. The van der Waals surface area contributed by atoms with E-state index < -0.39 is 11.9 Å². The highest BCUT2D eigenvalue weighted by Crippen LogP contribution is 2.47. The van der Waals surface area contributed by atoms with Crippen molar-refractivity contribution in [3.05, 3.63) is 70.1 Å². The second-order valence-electron chi connectivity index (χ2n) is 7.53. The van der Waals surface area contributed by atoms with Crippen LogP contribution in [0.1, 0.15) is 34.5 Å². The van der Waals surface area contributed by atoms with Gasteiger partial charge in [0.15, 0.2) is 11.7 Å². The molecule has 1 aliphatic carbocycles. The minimum atomic E-state index is -0.636. The van der Waals surface area contributed by atoms with Gasteiger partial charge in [0.25, 0.3) is 0 Å². The number of anilines is 1. The number of carbonyl (C=O) groups excluding carboxylic acids is 2. The van der Waals surface area contributed by atoms with E-state index >= 15 is 0 Å². The van der Waals surface area contributed by atoms with Gasteiger partial charge in [0.2, 0.25) is 0 Å². The Bertz CT molecular complexity index is 1100. The van der Waals surface area contributed by atoms with E-state index in [1.807, 2.05) is 43.3 Å². The fourth-order valence-electron chi connectivity index (χ4n) is 4.45. The van der Waals surface area contributed by atoms with Crippen LogP contribution in [-0.4, -0.2) is 45.2 Å². The van der Waals surface area contributed by atoms with Gasteiger partial charge < -0.3 is 24.1 Å². The number of esters is 1. The molecule has 154 valence electrons. The summed E-state index contributed by atoms with van der Waals surface area (Å²) in [5, 5.41) is 3.27. The van der Waals surface area contributed by atoms with E-state index in [1.165, 1.54) is 7.11 Å². The molecule has 1 aromatic heterocycles. The highest BCUT2D eigenvalue weighted by Gasteiger charge is 2.44. The normalized spacial score (nSPS) is 20.8. The third-order valence-corrected chi connectivity index (χ3v) is 5.87. The van der Waals surface area contributed by atoms with E-state index in [9.17, 15) is 9.59 Å². The number of nitrogens with one attached hydrogen (secondary N) is 1. The summed E-state index contributed by atoms with van der Waals surface area (Å²) >= 11 is 0. The fourth-order valence-corrected chi connectivity index (χ4v) is 4.45. The number of Topliss-reactive ketones (excluding diaryl/α,β-unsaturated/α-hetero) is 1. The molecule has 3 heterocycles. The Morgan fingerprint density at radius 1 is 1.13 bits per heavy atom. The minimum absolute atomic E-state index is 0.101. The van der Waals surface area contributed by atoms with Gasteiger partial charge >= 0.3 is 5.97 Å². The molecule has 1 N–H and O–H groups in total. The van der Waals surface area contributed by atoms with Crippen molar-refractivity contribution in [1.82, 2.24) is 5.32 Å². The van der Waals surface area contributed by atoms with Gasteiger partial charge in [0.1, 0.15) is 5.76 Å². The summed E-state index contributed by atoms with van der Waals surface area (Å²) in [5.74, 6) is 0.0366. The Kier molecular flexibility index (Phi) is 4.47. The van der Waals surface area contributed by atoms with Crippen molar-refractivity contribution in [2.75, 3.05) is 38.3 Å². The summed E-state index contributed by atoms with van der Waals surface area (Å²) in [4.78, 5) is 28.2. The number of ether oxygens (including phenoxy) is 2. The monoisotopic (exact) mass is 406 g/mol. The Hall–Kier alpha value is -3.32. The Morgan fingerprint density at radius 3 is 2.60 bits per heavy atom. The molecular formula is C23H22N2O5. The smallest absolute Gasteiger partial charge is 0.336 e. The molecule has 1 atom stereocenters. The van der Waals surface area contributed by atoms with E-state index in [2.05, 4.69) is 10.2 Å². The zero-order chi connectivity index (χ0) is 20.8. The van der Waals surface area contributed by atoms with Gasteiger partial charge in [-0.2, -0.15) is 0 Å². The Morgan fingerprint density at radius 2 is 1.87 bits per heavy atom. The van der Waals surface area contributed by atoms with Crippen molar-refractivity contribution in [3.63, 3.8) is 0 Å². The van der Waals surface area contributed by atoms with Gasteiger partial charge in [-0.05, 0) is 13.0 Å². The number of ketones is 1. The van der Waals surface area contributed by atoms with Crippen LogP contribution in [-0.2, 0) is 14.3 Å². The number of hydrogen-bond donors (Lipinski definition) is 1. The van der Waals surface area contributed by atoms with Crippen LogP contribution >= 0.6 is 0 Å². The first-order valence-electron chi connectivity index (χ1n) is 9.97. The summed E-state index contributed by atoms with van der Waals surface area (Å²) < 4.78 is 16.7. The Labute approximate surface area is 173 Å². The number of carbonyl (C=O) groups is 2. The van der Waals surface area contributed by atoms with Crippen molar-refractivity contribution in [1.29, 1.82) is 0 Å². The van der Waals surface area contributed by atoms with Crippen LogP contribution in [0.4, 0.5) is 5.88 Å². The molecule has 0 amide bonds. The highest BCUT2D eigenvalue weighted by atomic mass is 16.5. The molecular weight excluding hydrogens is 384 g/mol. The number of rotatable bonds is 3. The first-order valence-corrected chi connectivity index (χ1v) is 9.97.